The predicted molar refractivity (Wildman–Crippen MR) is 234 cm³/mol. The molecular formula is C47H79NO5S. The molecule has 0 spiro atoms. The summed E-state index contributed by atoms with van der Waals surface area (Å²) in [5, 5.41) is 13.2. The number of unbranched alkanes of at least 4 members (excludes halogenated alkanes) is 15. The molecule has 0 aromatic heterocycles. The lowest BCUT2D eigenvalue weighted by Crippen LogP contribution is -2.46. The van der Waals surface area contributed by atoms with Gasteiger partial charge in [0.2, 0.25) is 5.91 Å². The number of aliphatic hydroxyl groups is 1. The first-order valence-corrected chi connectivity index (χ1v) is 23.0. The van der Waals surface area contributed by atoms with E-state index in [2.05, 4.69) is 104 Å². The van der Waals surface area contributed by atoms with E-state index >= 15 is 0 Å². The molecule has 3 N–H and O–H groups in total. The molecule has 0 fully saturated rings. The number of nitrogens with one attached hydrogen (secondary N) is 1. The van der Waals surface area contributed by atoms with E-state index in [1.807, 2.05) is 0 Å². The van der Waals surface area contributed by atoms with Crippen LogP contribution in [0, 0.1) is 0 Å². The summed E-state index contributed by atoms with van der Waals surface area (Å²) >= 11 is 0. The van der Waals surface area contributed by atoms with Crippen molar-refractivity contribution in [2.24, 2.45) is 0 Å². The van der Waals surface area contributed by atoms with Crippen LogP contribution in [0.15, 0.2) is 97.2 Å². The van der Waals surface area contributed by atoms with Gasteiger partial charge in [-0.2, -0.15) is 8.42 Å². The highest BCUT2D eigenvalue weighted by atomic mass is 32.2. The van der Waals surface area contributed by atoms with Crippen molar-refractivity contribution in [2.75, 3.05) is 5.75 Å². The highest BCUT2D eigenvalue weighted by Gasteiger charge is 2.24. The molecule has 0 aliphatic rings. The van der Waals surface area contributed by atoms with Crippen LogP contribution in [0.5, 0.6) is 0 Å². The smallest absolute Gasteiger partial charge is 0.267 e. The zero-order valence-electron chi connectivity index (χ0n) is 34.3. The quantitative estimate of drug-likeness (QED) is 0.0332. The van der Waals surface area contributed by atoms with Crippen LogP contribution in [-0.2, 0) is 14.9 Å². The molecule has 308 valence electrons. The number of hydrogen-bond acceptors (Lipinski definition) is 4. The molecule has 1 amide bonds. The van der Waals surface area contributed by atoms with Gasteiger partial charge in [-0.15, -0.1) is 0 Å². The van der Waals surface area contributed by atoms with Crippen molar-refractivity contribution in [1.82, 2.24) is 5.32 Å². The minimum Gasteiger partial charge on any atom is -0.387 e. The number of allylic oxidation sites excluding steroid dienone is 15. The Hall–Kier alpha value is -2.74. The highest BCUT2D eigenvalue weighted by Crippen LogP contribution is 2.11. The highest BCUT2D eigenvalue weighted by molar-refractivity contribution is 7.85. The van der Waals surface area contributed by atoms with Gasteiger partial charge in [0.1, 0.15) is 0 Å². The van der Waals surface area contributed by atoms with E-state index in [1.165, 1.54) is 57.4 Å². The normalized spacial score (nSPS) is 14.2. The SMILES string of the molecule is CC/C=C\C/C=C\C/C=C\C/C=C\C/C=C\CCCCCCCC(=O)NC(CS(=O)(=O)O)C(O)/C=C/CC/C=C/CC/C=C/CCCCCCCCCC. The Morgan fingerprint density at radius 3 is 1.39 bits per heavy atom. The predicted octanol–water partition coefficient (Wildman–Crippen LogP) is 13.0. The molecule has 7 heteroatoms. The molecule has 0 saturated heterocycles. The number of aliphatic hydroxyl groups excluding tert-OH is 1. The molecule has 0 radical (unpaired) electrons. The monoisotopic (exact) mass is 770 g/mol. The second-order valence-electron chi connectivity index (χ2n) is 14.2. The second-order valence-corrected chi connectivity index (χ2v) is 15.7. The maximum Gasteiger partial charge on any atom is 0.267 e. The Kier molecular flexibility index (Phi) is 37.9. The molecule has 2 atom stereocenters. The van der Waals surface area contributed by atoms with Crippen molar-refractivity contribution in [1.29, 1.82) is 0 Å². The lowest BCUT2D eigenvalue weighted by atomic mass is 10.1. The standard InChI is InChI=1S/C47H79NO5S/c1-3-5-7-9-11-13-15-17-19-21-23-24-25-27-29-31-33-35-37-39-41-43-47(50)48-45(44-54(51,52)53)46(49)42-40-38-36-34-32-30-28-26-22-20-18-16-14-12-10-8-6-4-2/h5,7,11,13,17,19,22-24,26-27,29,32,34,40,42,45-46,49H,3-4,6,8-10,12,14-16,18,20-21,25,28,30-31,33,35-39,41,43-44H2,1-2H3,(H,48,50)(H,51,52,53)/b7-5-,13-11-,19-17-,24-23-,26-22+,29-27-,34-32+,42-40+. The van der Waals surface area contributed by atoms with Crippen LogP contribution >= 0.6 is 0 Å². The molecule has 0 bridgehead atoms. The molecule has 2 unspecified atom stereocenters. The van der Waals surface area contributed by atoms with Crippen molar-refractivity contribution in [3.8, 4) is 0 Å². The molecule has 0 aliphatic heterocycles. The van der Waals surface area contributed by atoms with Crippen molar-refractivity contribution < 1.29 is 22.9 Å². The summed E-state index contributed by atoms with van der Waals surface area (Å²) in [6.07, 6.45) is 59.6. The lowest BCUT2D eigenvalue weighted by molar-refractivity contribution is -0.122. The molecular weight excluding hydrogens is 691 g/mol. The largest absolute Gasteiger partial charge is 0.387 e. The summed E-state index contributed by atoms with van der Waals surface area (Å²) < 4.78 is 32.5. The molecule has 0 aliphatic carbocycles. The summed E-state index contributed by atoms with van der Waals surface area (Å²) in [5.41, 5.74) is 0. The Bertz CT molecular complexity index is 1210. The van der Waals surface area contributed by atoms with Gasteiger partial charge >= 0.3 is 0 Å². The lowest BCUT2D eigenvalue weighted by Gasteiger charge is -2.21. The number of rotatable bonds is 37. The van der Waals surface area contributed by atoms with E-state index in [9.17, 15) is 22.9 Å². The average molecular weight is 770 g/mol. The fourth-order valence-corrected chi connectivity index (χ4v) is 6.53. The number of hydrogen-bond donors (Lipinski definition) is 3. The molecule has 0 heterocycles. The van der Waals surface area contributed by atoms with Crippen LogP contribution in [-0.4, -0.2) is 41.9 Å². The molecule has 0 rings (SSSR count). The molecule has 0 saturated carbocycles. The van der Waals surface area contributed by atoms with Crippen molar-refractivity contribution >= 4 is 16.0 Å². The third-order valence-electron chi connectivity index (χ3n) is 8.97. The van der Waals surface area contributed by atoms with E-state index in [4.69, 9.17) is 0 Å². The van der Waals surface area contributed by atoms with Gasteiger partial charge in [0.15, 0.2) is 0 Å². The minimum atomic E-state index is -4.37. The van der Waals surface area contributed by atoms with Crippen LogP contribution < -0.4 is 5.32 Å². The summed E-state index contributed by atoms with van der Waals surface area (Å²) in [7, 11) is -4.37. The summed E-state index contributed by atoms with van der Waals surface area (Å²) in [5.74, 6) is -1.04. The topological polar surface area (TPSA) is 104 Å². The maximum absolute atomic E-state index is 12.5. The van der Waals surface area contributed by atoms with E-state index in [-0.39, 0.29) is 12.3 Å². The van der Waals surface area contributed by atoms with E-state index < -0.39 is 28.0 Å². The maximum atomic E-state index is 12.5. The Labute approximate surface area is 332 Å². The molecule has 6 nitrogen and oxygen atoms in total. The minimum absolute atomic E-state index is 0.256. The fraction of sp³-hybridized carbons (Fsp3) is 0.638. The van der Waals surface area contributed by atoms with Gasteiger partial charge in [0.05, 0.1) is 17.9 Å². The molecule has 0 aromatic rings. The van der Waals surface area contributed by atoms with Crippen molar-refractivity contribution in [3.63, 3.8) is 0 Å². The number of amides is 1. The Morgan fingerprint density at radius 1 is 0.519 bits per heavy atom. The van der Waals surface area contributed by atoms with Crippen LogP contribution in [0.4, 0.5) is 0 Å². The van der Waals surface area contributed by atoms with Crippen molar-refractivity contribution in [3.05, 3.63) is 97.2 Å². The van der Waals surface area contributed by atoms with Crippen molar-refractivity contribution in [2.45, 2.75) is 187 Å². The Balaban J connectivity index is 4.05. The van der Waals surface area contributed by atoms with Gasteiger partial charge in [-0.05, 0) is 89.9 Å². The summed E-state index contributed by atoms with van der Waals surface area (Å²) in [6.45, 7) is 4.40. The third-order valence-corrected chi connectivity index (χ3v) is 9.75. The van der Waals surface area contributed by atoms with E-state index in [0.717, 1.165) is 89.9 Å². The second kappa shape index (κ2) is 39.9. The van der Waals surface area contributed by atoms with Gasteiger partial charge in [0, 0.05) is 6.42 Å². The zero-order chi connectivity index (χ0) is 39.6. The first-order valence-electron chi connectivity index (χ1n) is 21.4. The first kappa shape index (κ1) is 51.3. The van der Waals surface area contributed by atoms with Crippen LogP contribution in [0.1, 0.15) is 174 Å². The molecule has 0 aromatic carbocycles. The zero-order valence-corrected chi connectivity index (χ0v) is 35.1. The number of carbonyl (C=O) groups excluding carboxylic acids is 1. The van der Waals surface area contributed by atoms with Gasteiger partial charge in [-0.25, -0.2) is 0 Å². The summed E-state index contributed by atoms with van der Waals surface area (Å²) in [4.78, 5) is 12.5. The summed E-state index contributed by atoms with van der Waals surface area (Å²) in [6, 6.07) is -1.10. The van der Waals surface area contributed by atoms with Gasteiger partial charge in [0.25, 0.3) is 10.1 Å². The van der Waals surface area contributed by atoms with Crippen LogP contribution in [0.3, 0.4) is 0 Å². The third kappa shape index (κ3) is 40.4. The average Bonchev–Trinajstić information content (AvgIpc) is 3.14. The first-order chi connectivity index (χ1) is 26.3. The Morgan fingerprint density at radius 2 is 0.907 bits per heavy atom. The van der Waals surface area contributed by atoms with Gasteiger partial charge < -0.3 is 10.4 Å². The number of carbonyl (C=O) groups is 1. The van der Waals surface area contributed by atoms with Gasteiger partial charge in [-0.1, -0.05) is 175 Å². The van der Waals surface area contributed by atoms with Gasteiger partial charge in [-0.3, -0.25) is 9.35 Å². The molecule has 54 heavy (non-hydrogen) atoms. The fourth-order valence-electron chi connectivity index (χ4n) is 5.80. The van der Waals surface area contributed by atoms with Crippen LogP contribution in [0.2, 0.25) is 0 Å². The van der Waals surface area contributed by atoms with E-state index in [0.29, 0.717) is 12.8 Å². The van der Waals surface area contributed by atoms with Crippen LogP contribution in [0.25, 0.3) is 0 Å². The van der Waals surface area contributed by atoms with E-state index in [1.54, 1.807) is 6.08 Å².